The number of imidazole rings is 1. The van der Waals surface area contributed by atoms with Gasteiger partial charge in [0.05, 0.1) is 0 Å². The van der Waals surface area contributed by atoms with Crippen molar-refractivity contribution in [1.29, 1.82) is 0 Å². The molecule has 0 aliphatic rings. The second-order valence-electron chi connectivity index (χ2n) is 2.89. The lowest BCUT2D eigenvalue weighted by atomic mass is 10.5. The van der Waals surface area contributed by atoms with E-state index in [0.29, 0.717) is 0 Å². The Bertz CT molecular complexity index is 308. The quantitative estimate of drug-likeness (QED) is 0.650. The molecule has 0 saturated heterocycles. The van der Waals surface area contributed by atoms with Crippen molar-refractivity contribution in [2.45, 2.75) is 13.8 Å². The second kappa shape index (κ2) is 3.89. The third kappa shape index (κ3) is 2.18. The number of amides is 1. The Balaban J connectivity index is 2.84. The summed E-state index contributed by atoms with van der Waals surface area (Å²) in [5, 5.41) is 0. The van der Waals surface area contributed by atoms with Crippen molar-refractivity contribution in [1.82, 2.24) is 14.5 Å². The molecule has 0 spiro atoms. The Morgan fingerprint density at radius 2 is 2.23 bits per heavy atom. The van der Waals surface area contributed by atoms with Gasteiger partial charge >= 0.3 is 0 Å². The molecule has 0 aliphatic carbocycles. The monoisotopic (exact) mass is 179 g/mol. The number of nitrogens with zero attached hydrogens (tertiary/aromatic N) is 3. The molecule has 4 nitrogen and oxygen atoms in total. The smallest absolute Gasteiger partial charge is 0.213 e. The van der Waals surface area contributed by atoms with Crippen LogP contribution in [0, 0.1) is 13.8 Å². The lowest BCUT2D eigenvalue weighted by molar-refractivity contribution is -0.114. The molecule has 0 bridgehead atoms. The lowest BCUT2D eigenvalue weighted by Crippen LogP contribution is -2.07. The summed E-state index contributed by atoms with van der Waals surface area (Å²) < 4.78 is 1.92. The molecule has 0 fully saturated rings. The van der Waals surface area contributed by atoms with Crippen LogP contribution in [-0.2, 0) is 4.79 Å². The highest BCUT2D eigenvalue weighted by Gasteiger charge is 1.97. The Hall–Kier alpha value is -1.58. The van der Waals surface area contributed by atoms with Crippen LogP contribution >= 0.6 is 0 Å². The summed E-state index contributed by atoms with van der Waals surface area (Å²) in [5.74, 6) is 0.910. The molecule has 0 aliphatic heterocycles. The highest BCUT2D eigenvalue weighted by atomic mass is 16.1. The lowest BCUT2D eigenvalue weighted by Gasteiger charge is -2.04. The zero-order chi connectivity index (χ0) is 9.84. The zero-order valence-electron chi connectivity index (χ0n) is 8.06. The van der Waals surface area contributed by atoms with Crippen molar-refractivity contribution in [3.05, 3.63) is 23.9 Å². The van der Waals surface area contributed by atoms with Crippen LogP contribution in [-0.4, -0.2) is 27.9 Å². The van der Waals surface area contributed by atoms with E-state index in [2.05, 4.69) is 4.98 Å². The van der Waals surface area contributed by atoms with Crippen molar-refractivity contribution in [2.75, 3.05) is 7.05 Å². The molecule has 4 heteroatoms. The summed E-state index contributed by atoms with van der Waals surface area (Å²) in [4.78, 5) is 15.9. The van der Waals surface area contributed by atoms with Gasteiger partial charge in [-0.3, -0.25) is 4.79 Å². The van der Waals surface area contributed by atoms with E-state index in [4.69, 9.17) is 0 Å². The van der Waals surface area contributed by atoms with E-state index in [-0.39, 0.29) is 0 Å². The number of hydrogen-bond acceptors (Lipinski definition) is 2. The Kier molecular flexibility index (Phi) is 2.84. The van der Waals surface area contributed by atoms with Crippen LogP contribution in [0.1, 0.15) is 11.5 Å². The van der Waals surface area contributed by atoms with Gasteiger partial charge in [0.25, 0.3) is 0 Å². The molecule has 0 saturated carbocycles. The first kappa shape index (κ1) is 9.51. The van der Waals surface area contributed by atoms with Gasteiger partial charge in [-0.05, 0) is 13.8 Å². The molecule has 1 aromatic heterocycles. The number of rotatable bonds is 3. The maximum absolute atomic E-state index is 10.3. The molecule has 0 unspecified atom stereocenters. The first-order chi connectivity index (χ1) is 6.15. The van der Waals surface area contributed by atoms with Crippen molar-refractivity contribution in [2.24, 2.45) is 0 Å². The van der Waals surface area contributed by atoms with Gasteiger partial charge in [0, 0.05) is 31.3 Å². The molecule has 0 N–H and O–H groups in total. The first-order valence-electron chi connectivity index (χ1n) is 4.01. The molecular weight excluding hydrogens is 166 g/mol. The predicted molar refractivity (Wildman–Crippen MR) is 50.9 cm³/mol. The van der Waals surface area contributed by atoms with E-state index in [1.165, 1.54) is 4.90 Å². The van der Waals surface area contributed by atoms with Gasteiger partial charge in [-0.1, -0.05) is 0 Å². The van der Waals surface area contributed by atoms with E-state index in [1.54, 1.807) is 19.4 Å². The van der Waals surface area contributed by atoms with E-state index in [0.717, 1.165) is 17.9 Å². The second-order valence-corrected chi connectivity index (χ2v) is 2.89. The minimum atomic E-state index is 0.748. The number of aryl methyl sites for hydroxylation is 2. The normalized spacial score (nSPS) is 10.7. The van der Waals surface area contributed by atoms with E-state index in [1.807, 2.05) is 24.6 Å². The molecule has 70 valence electrons. The van der Waals surface area contributed by atoms with Crippen LogP contribution in [0.3, 0.4) is 0 Å². The Morgan fingerprint density at radius 1 is 1.54 bits per heavy atom. The minimum absolute atomic E-state index is 0.748. The van der Waals surface area contributed by atoms with Crippen molar-refractivity contribution in [3.8, 4) is 0 Å². The standard InChI is InChI=1S/C9H13N3O/c1-8-6-10-9(2)12(8)5-4-11(3)7-13/h4-7H,1-3H3/b5-4-. The maximum Gasteiger partial charge on any atom is 0.213 e. The van der Waals surface area contributed by atoms with Crippen LogP contribution in [0.15, 0.2) is 12.4 Å². The number of carbonyl (C=O) groups is 1. The summed E-state index contributed by atoms with van der Waals surface area (Å²) in [6, 6.07) is 0. The van der Waals surface area contributed by atoms with Crippen LogP contribution in [0.4, 0.5) is 0 Å². The van der Waals surface area contributed by atoms with E-state index < -0.39 is 0 Å². The fourth-order valence-electron chi connectivity index (χ4n) is 0.999. The molecule has 0 atom stereocenters. The topological polar surface area (TPSA) is 38.1 Å². The van der Waals surface area contributed by atoms with Crippen LogP contribution in [0.5, 0.6) is 0 Å². The summed E-state index contributed by atoms with van der Waals surface area (Å²) in [6.07, 6.45) is 6.04. The van der Waals surface area contributed by atoms with Crippen molar-refractivity contribution in [3.63, 3.8) is 0 Å². The average Bonchev–Trinajstić information content (AvgIpc) is 2.43. The summed E-state index contributed by atoms with van der Waals surface area (Å²) in [6.45, 7) is 3.88. The molecule has 1 amide bonds. The molecule has 0 aromatic carbocycles. The van der Waals surface area contributed by atoms with Gasteiger partial charge in [-0.2, -0.15) is 0 Å². The zero-order valence-corrected chi connectivity index (χ0v) is 8.06. The van der Waals surface area contributed by atoms with Crippen molar-refractivity contribution >= 4 is 12.6 Å². The van der Waals surface area contributed by atoms with Gasteiger partial charge in [0.2, 0.25) is 6.41 Å². The Labute approximate surface area is 77.5 Å². The van der Waals surface area contributed by atoms with Gasteiger partial charge in [-0.25, -0.2) is 4.98 Å². The molecular formula is C9H13N3O. The summed E-state index contributed by atoms with van der Waals surface area (Å²) in [5.41, 5.74) is 1.05. The molecule has 1 aromatic rings. The number of aromatic nitrogens is 2. The van der Waals surface area contributed by atoms with E-state index >= 15 is 0 Å². The van der Waals surface area contributed by atoms with Crippen molar-refractivity contribution < 1.29 is 4.79 Å². The molecule has 1 heterocycles. The number of carbonyl (C=O) groups excluding carboxylic acids is 1. The molecule has 0 radical (unpaired) electrons. The number of hydrogen-bond donors (Lipinski definition) is 0. The fourth-order valence-corrected chi connectivity index (χ4v) is 0.999. The van der Waals surface area contributed by atoms with Gasteiger partial charge in [0.1, 0.15) is 5.82 Å². The predicted octanol–water partition coefficient (Wildman–Crippen LogP) is 1.02. The van der Waals surface area contributed by atoms with Crippen LogP contribution < -0.4 is 0 Å². The first-order valence-corrected chi connectivity index (χ1v) is 4.01. The Morgan fingerprint density at radius 3 is 2.69 bits per heavy atom. The summed E-state index contributed by atoms with van der Waals surface area (Å²) in [7, 11) is 1.69. The highest BCUT2D eigenvalue weighted by Crippen LogP contribution is 2.03. The third-order valence-electron chi connectivity index (χ3n) is 1.78. The molecule has 1 rings (SSSR count). The van der Waals surface area contributed by atoms with E-state index in [9.17, 15) is 4.79 Å². The van der Waals surface area contributed by atoms with Gasteiger partial charge in [0.15, 0.2) is 0 Å². The van der Waals surface area contributed by atoms with Crippen LogP contribution in [0.2, 0.25) is 0 Å². The van der Waals surface area contributed by atoms with Gasteiger partial charge in [-0.15, -0.1) is 0 Å². The third-order valence-corrected chi connectivity index (χ3v) is 1.78. The average molecular weight is 179 g/mol. The SMILES string of the molecule is Cc1cnc(C)n1/C=C\N(C)C=O. The molecule has 13 heavy (non-hydrogen) atoms. The summed E-state index contributed by atoms with van der Waals surface area (Å²) >= 11 is 0. The highest BCUT2D eigenvalue weighted by molar-refractivity contribution is 5.50. The maximum atomic E-state index is 10.3. The largest absolute Gasteiger partial charge is 0.323 e. The fraction of sp³-hybridized carbons (Fsp3) is 0.333. The van der Waals surface area contributed by atoms with Crippen LogP contribution in [0.25, 0.3) is 6.20 Å². The van der Waals surface area contributed by atoms with Gasteiger partial charge < -0.3 is 9.47 Å². The minimum Gasteiger partial charge on any atom is -0.323 e.